The molecular formula is C26H21ClFN3O2. The number of carbonyl (C=O) groups excluding carboxylic acids is 1. The standard InChI is InChI=1S/C26H21ClFN3O2/c1-15-8-13-20(14-16(15)2)31-25(29-26(33)18-9-11-19(28)12-10-18)23(24(32)17(3)30-31)21-6-4-5-7-22(21)27/h4-14H,1-3H3,(H,29,33). The number of rotatable bonds is 4. The Bertz CT molecular complexity index is 1430. The van der Waals surface area contributed by atoms with Crippen molar-refractivity contribution in [1.29, 1.82) is 0 Å². The summed E-state index contributed by atoms with van der Waals surface area (Å²) >= 11 is 6.45. The van der Waals surface area contributed by atoms with Crippen LogP contribution in [-0.2, 0) is 0 Å². The van der Waals surface area contributed by atoms with Crippen LogP contribution in [0.5, 0.6) is 0 Å². The zero-order chi connectivity index (χ0) is 23.7. The molecule has 166 valence electrons. The maximum absolute atomic E-state index is 13.4. The van der Waals surface area contributed by atoms with Crippen LogP contribution in [0.4, 0.5) is 10.2 Å². The molecule has 0 unspecified atom stereocenters. The Hall–Kier alpha value is -3.77. The number of hydrogen-bond donors (Lipinski definition) is 1. The van der Waals surface area contributed by atoms with E-state index in [4.69, 9.17) is 11.6 Å². The van der Waals surface area contributed by atoms with Crippen LogP contribution in [0.25, 0.3) is 16.8 Å². The molecule has 0 bridgehead atoms. The Kier molecular flexibility index (Phi) is 6.11. The van der Waals surface area contributed by atoms with E-state index in [1.807, 2.05) is 32.0 Å². The van der Waals surface area contributed by atoms with Crippen molar-refractivity contribution in [3.8, 4) is 16.8 Å². The molecule has 5 nitrogen and oxygen atoms in total. The van der Waals surface area contributed by atoms with Gasteiger partial charge in [-0.25, -0.2) is 9.07 Å². The summed E-state index contributed by atoms with van der Waals surface area (Å²) in [4.78, 5) is 26.4. The molecule has 0 radical (unpaired) electrons. The third-order valence-electron chi connectivity index (χ3n) is 5.47. The number of hydrogen-bond acceptors (Lipinski definition) is 3. The fourth-order valence-electron chi connectivity index (χ4n) is 3.49. The third-order valence-corrected chi connectivity index (χ3v) is 5.80. The predicted octanol–water partition coefficient (Wildman–Crippen LogP) is 5.87. The molecule has 1 aromatic heterocycles. The van der Waals surface area contributed by atoms with E-state index in [1.165, 1.54) is 28.9 Å². The predicted molar refractivity (Wildman–Crippen MR) is 129 cm³/mol. The molecule has 4 aromatic rings. The molecule has 1 N–H and O–H groups in total. The Morgan fingerprint density at radius 2 is 1.67 bits per heavy atom. The summed E-state index contributed by atoms with van der Waals surface area (Å²) in [5, 5.41) is 7.66. The van der Waals surface area contributed by atoms with E-state index in [-0.39, 0.29) is 28.1 Å². The molecule has 0 spiro atoms. The summed E-state index contributed by atoms with van der Waals surface area (Å²) in [6, 6.07) is 17.8. The highest BCUT2D eigenvalue weighted by atomic mass is 35.5. The summed E-state index contributed by atoms with van der Waals surface area (Å²) in [7, 11) is 0. The normalized spacial score (nSPS) is 10.8. The Labute approximate surface area is 195 Å². The van der Waals surface area contributed by atoms with Crippen LogP contribution in [0.1, 0.15) is 27.2 Å². The highest BCUT2D eigenvalue weighted by molar-refractivity contribution is 6.33. The Morgan fingerprint density at radius 1 is 0.970 bits per heavy atom. The van der Waals surface area contributed by atoms with E-state index in [0.717, 1.165) is 11.1 Å². The van der Waals surface area contributed by atoms with Crippen LogP contribution in [0.3, 0.4) is 0 Å². The average molecular weight is 462 g/mol. The van der Waals surface area contributed by atoms with E-state index >= 15 is 0 Å². The van der Waals surface area contributed by atoms with Gasteiger partial charge in [-0.2, -0.15) is 5.10 Å². The van der Waals surface area contributed by atoms with Crippen LogP contribution in [-0.4, -0.2) is 15.7 Å². The van der Waals surface area contributed by atoms with Crippen LogP contribution in [0, 0.1) is 26.6 Å². The van der Waals surface area contributed by atoms with Crippen molar-refractivity contribution in [2.45, 2.75) is 20.8 Å². The largest absolute Gasteiger partial charge is 0.306 e. The first kappa shape index (κ1) is 22.4. The second kappa shape index (κ2) is 9.00. The van der Waals surface area contributed by atoms with Gasteiger partial charge in [-0.1, -0.05) is 35.9 Å². The van der Waals surface area contributed by atoms with Crippen LogP contribution < -0.4 is 10.7 Å². The van der Waals surface area contributed by atoms with Crippen molar-refractivity contribution in [2.24, 2.45) is 0 Å². The number of benzene rings is 3. The minimum atomic E-state index is -0.508. The Balaban J connectivity index is 1.99. The number of carbonyl (C=O) groups is 1. The second-order valence-electron chi connectivity index (χ2n) is 7.76. The maximum atomic E-state index is 13.4. The van der Waals surface area contributed by atoms with Crippen molar-refractivity contribution < 1.29 is 9.18 Å². The summed E-state index contributed by atoms with van der Waals surface area (Å²) in [5.41, 5.74) is 3.63. The lowest BCUT2D eigenvalue weighted by atomic mass is 10.0. The Morgan fingerprint density at radius 3 is 2.33 bits per heavy atom. The van der Waals surface area contributed by atoms with Gasteiger partial charge in [-0.05, 0) is 74.4 Å². The topological polar surface area (TPSA) is 64.0 Å². The molecule has 0 aliphatic rings. The van der Waals surface area contributed by atoms with Gasteiger partial charge in [0, 0.05) is 16.1 Å². The van der Waals surface area contributed by atoms with Crippen molar-refractivity contribution in [1.82, 2.24) is 9.78 Å². The lowest BCUT2D eigenvalue weighted by molar-refractivity contribution is 0.102. The monoisotopic (exact) mass is 461 g/mol. The molecule has 0 aliphatic heterocycles. The SMILES string of the molecule is Cc1ccc(-n2nc(C)c(=O)c(-c3ccccc3Cl)c2NC(=O)c2ccc(F)cc2)cc1C. The maximum Gasteiger partial charge on any atom is 0.256 e. The van der Waals surface area contributed by atoms with Crippen molar-refractivity contribution in [3.63, 3.8) is 0 Å². The zero-order valence-electron chi connectivity index (χ0n) is 18.3. The highest BCUT2D eigenvalue weighted by Crippen LogP contribution is 2.32. The van der Waals surface area contributed by atoms with Crippen LogP contribution >= 0.6 is 11.6 Å². The molecule has 0 atom stereocenters. The number of amides is 1. The molecule has 0 fully saturated rings. The quantitative estimate of drug-likeness (QED) is 0.413. The first-order chi connectivity index (χ1) is 15.8. The molecule has 3 aromatic carbocycles. The molecule has 1 amide bonds. The summed E-state index contributed by atoms with van der Waals surface area (Å²) in [6.45, 7) is 5.58. The zero-order valence-corrected chi connectivity index (χ0v) is 19.1. The summed E-state index contributed by atoms with van der Waals surface area (Å²) < 4.78 is 14.9. The number of aromatic nitrogens is 2. The number of nitrogens with one attached hydrogen (secondary N) is 1. The lowest BCUT2D eigenvalue weighted by Gasteiger charge is -2.19. The highest BCUT2D eigenvalue weighted by Gasteiger charge is 2.22. The first-order valence-electron chi connectivity index (χ1n) is 10.3. The van der Waals surface area contributed by atoms with Crippen molar-refractivity contribution >= 4 is 23.3 Å². The van der Waals surface area contributed by atoms with Gasteiger partial charge in [0.25, 0.3) is 5.91 Å². The fourth-order valence-corrected chi connectivity index (χ4v) is 3.72. The van der Waals surface area contributed by atoms with E-state index < -0.39 is 11.7 Å². The van der Waals surface area contributed by atoms with Gasteiger partial charge in [0.2, 0.25) is 5.43 Å². The molecule has 33 heavy (non-hydrogen) atoms. The van der Waals surface area contributed by atoms with Crippen molar-refractivity contribution in [2.75, 3.05) is 5.32 Å². The summed E-state index contributed by atoms with van der Waals surface area (Å²) in [6.07, 6.45) is 0. The molecule has 1 heterocycles. The number of anilines is 1. The van der Waals surface area contributed by atoms with Gasteiger partial charge in [0.05, 0.1) is 11.3 Å². The minimum absolute atomic E-state index is 0.177. The van der Waals surface area contributed by atoms with Crippen molar-refractivity contribution in [3.05, 3.63) is 110 Å². The molecule has 7 heteroatoms. The fraction of sp³-hybridized carbons (Fsp3) is 0.115. The number of halogens is 2. The van der Waals surface area contributed by atoms with Gasteiger partial charge in [-0.3, -0.25) is 9.59 Å². The van der Waals surface area contributed by atoms with Gasteiger partial charge in [-0.15, -0.1) is 0 Å². The van der Waals surface area contributed by atoms with Gasteiger partial charge in [0.15, 0.2) is 0 Å². The number of aryl methyl sites for hydroxylation is 3. The van der Waals surface area contributed by atoms with E-state index in [2.05, 4.69) is 10.4 Å². The molecular weight excluding hydrogens is 441 g/mol. The van der Waals surface area contributed by atoms with Gasteiger partial charge < -0.3 is 5.32 Å². The average Bonchev–Trinajstić information content (AvgIpc) is 2.79. The molecule has 4 rings (SSSR count). The third kappa shape index (κ3) is 4.43. The first-order valence-corrected chi connectivity index (χ1v) is 10.7. The van der Waals surface area contributed by atoms with E-state index in [0.29, 0.717) is 16.3 Å². The van der Waals surface area contributed by atoms with Gasteiger partial charge in [0.1, 0.15) is 17.3 Å². The lowest BCUT2D eigenvalue weighted by Crippen LogP contribution is -2.25. The number of nitrogens with zero attached hydrogens (tertiary/aromatic N) is 2. The van der Waals surface area contributed by atoms with E-state index in [9.17, 15) is 14.0 Å². The smallest absolute Gasteiger partial charge is 0.256 e. The minimum Gasteiger partial charge on any atom is -0.306 e. The molecule has 0 aliphatic carbocycles. The summed E-state index contributed by atoms with van der Waals surface area (Å²) in [5.74, 6) is -0.783. The molecule has 0 saturated heterocycles. The van der Waals surface area contributed by atoms with Crippen LogP contribution in [0.2, 0.25) is 5.02 Å². The van der Waals surface area contributed by atoms with Crippen LogP contribution in [0.15, 0.2) is 71.5 Å². The van der Waals surface area contributed by atoms with E-state index in [1.54, 1.807) is 31.2 Å². The second-order valence-corrected chi connectivity index (χ2v) is 8.17. The van der Waals surface area contributed by atoms with Gasteiger partial charge >= 0.3 is 0 Å². The molecule has 0 saturated carbocycles.